The van der Waals surface area contributed by atoms with Crippen LogP contribution >= 0.6 is 11.3 Å². The molecule has 0 amide bonds. The first kappa shape index (κ1) is 14.5. The molecule has 2 heterocycles. The van der Waals surface area contributed by atoms with Crippen LogP contribution in [0.15, 0.2) is 42.7 Å². The topological polar surface area (TPSA) is 52.8 Å². The molecule has 0 unspecified atom stereocenters. The van der Waals surface area contributed by atoms with Crippen molar-refractivity contribution < 1.29 is 0 Å². The van der Waals surface area contributed by atoms with Gasteiger partial charge in [-0.3, -0.25) is 0 Å². The number of nitrogens with zero attached hydrogens (tertiary/aromatic N) is 4. The molecule has 0 fully saturated rings. The van der Waals surface area contributed by atoms with Gasteiger partial charge in [0.2, 0.25) is 0 Å². The smallest absolute Gasteiger partial charge is 0.140 e. The quantitative estimate of drug-likeness (QED) is 0.712. The fraction of sp³-hybridized carbons (Fsp3) is 0.235. The number of anilines is 1. The molecule has 3 aromatic rings. The molecular weight excluding hydrogens is 292 g/mol. The summed E-state index contributed by atoms with van der Waals surface area (Å²) < 4.78 is 0. The van der Waals surface area contributed by atoms with Gasteiger partial charge in [0.25, 0.3) is 0 Å². The van der Waals surface area contributed by atoms with Crippen molar-refractivity contribution in [2.45, 2.75) is 13.3 Å². The van der Waals surface area contributed by atoms with Crippen molar-refractivity contribution in [1.29, 1.82) is 5.26 Å². The van der Waals surface area contributed by atoms with E-state index in [2.05, 4.69) is 46.1 Å². The summed E-state index contributed by atoms with van der Waals surface area (Å²) in [5, 5.41) is 9.88. The first-order chi connectivity index (χ1) is 10.8. The average Bonchev–Trinajstić information content (AvgIpc) is 3.01. The fourth-order valence-electron chi connectivity index (χ4n) is 2.44. The zero-order valence-electron chi connectivity index (χ0n) is 12.4. The van der Waals surface area contributed by atoms with Gasteiger partial charge in [0, 0.05) is 18.0 Å². The van der Waals surface area contributed by atoms with Crippen molar-refractivity contribution in [3.05, 3.63) is 42.7 Å². The molecule has 1 aromatic carbocycles. The number of nitriles is 1. The fourth-order valence-corrected chi connectivity index (χ4v) is 3.44. The number of thiophene rings is 1. The lowest BCUT2D eigenvalue weighted by atomic mass is 10.2. The maximum atomic E-state index is 8.82. The number of fused-ring (bicyclic) bond motifs is 1. The van der Waals surface area contributed by atoms with Crippen molar-refractivity contribution in [2.24, 2.45) is 0 Å². The van der Waals surface area contributed by atoms with E-state index in [0.717, 1.165) is 22.6 Å². The van der Waals surface area contributed by atoms with E-state index in [4.69, 9.17) is 5.26 Å². The van der Waals surface area contributed by atoms with Crippen molar-refractivity contribution in [3.8, 4) is 16.5 Å². The highest BCUT2D eigenvalue weighted by atomic mass is 32.1. The van der Waals surface area contributed by atoms with Gasteiger partial charge in [-0.1, -0.05) is 30.3 Å². The Morgan fingerprint density at radius 3 is 2.77 bits per heavy atom. The highest BCUT2D eigenvalue weighted by Crippen LogP contribution is 2.35. The van der Waals surface area contributed by atoms with Crippen LogP contribution < -0.4 is 4.90 Å². The average molecular weight is 308 g/mol. The van der Waals surface area contributed by atoms with E-state index in [1.807, 2.05) is 18.2 Å². The second-order valence-electron chi connectivity index (χ2n) is 4.88. The molecule has 0 atom stereocenters. The molecule has 0 aliphatic carbocycles. The third-order valence-corrected chi connectivity index (χ3v) is 4.63. The van der Waals surface area contributed by atoms with Crippen molar-refractivity contribution in [1.82, 2.24) is 9.97 Å². The first-order valence-corrected chi connectivity index (χ1v) is 8.07. The normalized spacial score (nSPS) is 10.5. The largest absolute Gasteiger partial charge is 0.355 e. The van der Waals surface area contributed by atoms with Gasteiger partial charge in [-0.25, -0.2) is 9.97 Å². The number of benzene rings is 1. The standard InChI is InChI=1S/C17H16N4S/c1-2-21(10-6-9-18)16-14-11-15(13-7-4-3-5-8-13)22-17(14)20-12-19-16/h3-5,7-8,11-12H,2,6,10H2,1H3. The van der Waals surface area contributed by atoms with Crippen LogP contribution in [0.2, 0.25) is 0 Å². The third-order valence-electron chi connectivity index (χ3n) is 3.54. The van der Waals surface area contributed by atoms with Crippen LogP contribution in [0.25, 0.3) is 20.7 Å². The molecule has 0 N–H and O–H groups in total. The molecule has 0 radical (unpaired) electrons. The van der Waals surface area contributed by atoms with Gasteiger partial charge in [0.1, 0.15) is 17.0 Å². The van der Waals surface area contributed by atoms with E-state index in [-0.39, 0.29) is 0 Å². The Bertz CT molecular complexity index is 804. The monoisotopic (exact) mass is 308 g/mol. The van der Waals surface area contributed by atoms with Crippen LogP contribution in [0.4, 0.5) is 5.82 Å². The first-order valence-electron chi connectivity index (χ1n) is 7.25. The molecule has 22 heavy (non-hydrogen) atoms. The van der Waals surface area contributed by atoms with Gasteiger partial charge in [0.05, 0.1) is 17.9 Å². The summed E-state index contributed by atoms with van der Waals surface area (Å²) in [5.74, 6) is 0.918. The SMILES string of the molecule is CCN(CCC#N)c1ncnc2sc(-c3ccccc3)cc12. The van der Waals surface area contributed by atoms with Gasteiger partial charge in [0.15, 0.2) is 0 Å². The van der Waals surface area contributed by atoms with Gasteiger partial charge < -0.3 is 4.90 Å². The maximum absolute atomic E-state index is 8.82. The number of hydrogen-bond donors (Lipinski definition) is 0. The summed E-state index contributed by atoms with van der Waals surface area (Å²) in [4.78, 5) is 13.2. The van der Waals surface area contributed by atoms with Gasteiger partial charge in [-0.05, 0) is 18.6 Å². The highest BCUT2D eigenvalue weighted by molar-refractivity contribution is 7.21. The summed E-state index contributed by atoms with van der Waals surface area (Å²) >= 11 is 1.67. The van der Waals surface area contributed by atoms with Crippen LogP contribution in [-0.2, 0) is 0 Å². The minimum atomic E-state index is 0.495. The number of aromatic nitrogens is 2. The zero-order valence-corrected chi connectivity index (χ0v) is 13.2. The van der Waals surface area contributed by atoms with Crippen LogP contribution in [0, 0.1) is 11.3 Å². The Balaban J connectivity index is 2.05. The summed E-state index contributed by atoms with van der Waals surface area (Å²) in [7, 11) is 0. The molecule has 0 bridgehead atoms. The summed E-state index contributed by atoms with van der Waals surface area (Å²) in [6, 6.07) is 14.7. The second-order valence-corrected chi connectivity index (χ2v) is 5.91. The molecule has 0 aliphatic heterocycles. The Morgan fingerprint density at radius 2 is 2.05 bits per heavy atom. The maximum Gasteiger partial charge on any atom is 0.140 e. The third kappa shape index (κ3) is 2.78. The van der Waals surface area contributed by atoms with E-state index in [1.54, 1.807) is 17.7 Å². The molecule has 4 nitrogen and oxygen atoms in total. The van der Waals surface area contributed by atoms with E-state index in [0.29, 0.717) is 13.0 Å². The Kier molecular flexibility index (Phi) is 4.31. The zero-order chi connectivity index (χ0) is 15.4. The lowest BCUT2D eigenvalue weighted by molar-refractivity contribution is 0.813. The minimum absolute atomic E-state index is 0.495. The van der Waals surface area contributed by atoms with Crippen molar-refractivity contribution >= 4 is 27.4 Å². The Hall–Kier alpha value is -2.45. The summed E-state index contributed by atoms with van der Waals surface area (Å²) in [6.45, 7) is 3.59. The van der Waals surface area contributed by atoms with Gasteiger partial charge in [-0.15, -0.1) is 11.3 Å². The molecular formula is C17H16N4S. The van der Waals surface area contributed by atoms with Crippen molar-refractivity contribution in [3.63, 3.8) is 0 Å². The molecule has 0 saturated heterocycles. The molecule has 2 aromatic heterocycles. The van der Waals surface area contributed by atoms with E-state index in [1.165, 1.54) is 10.4 Å². The van der Waals surface area contributed by atoms with E-state index >= 15 is 0 Å². The minimum Gasteiger partial charge on any atom is -0.355 e. The van der Waals surface area contributed by atoms with Gasteiger partial charge >= 0.3 is 0 Å². The van der Waals surface area contributed by atoms with Gasteiger partial charge in [-0.2, -0.15) is 5.26 Å². The lowest BCUT2D eigenvalue weighted by Crippen LogP contribution is -2.24. The van der Waals surface area contributed by atoms with E-state index in [9.17, 15) is 0 Å². The Morgan fingerprint density at radius 1 is 1.23 bits per heavy atom. The molecule has 3 rings (SSSR count). The molecule has 0 aliphatic rings. The predicted octanol–water partition coefficient (Wildman–Crippen LogP) is 4.10. The molecule has 5 heteroatoms. The summed E-state index contributed by atoms with van der Waals surface area (Å²) in [6.07, 6.45) is 2.10. The highest BCUT2D eigenvalue weighted by Gasteiger charge is 2.14. The predicted molar refractivity (Wildman–Crippen MR) is 91.0 cm³/mol. The van der Waals surface area contributed by atoms with Crippen LogP contribution in [0.3, 0.4) is 0 Å². The number of hydrogen-bond acceptors (Lipinski definition) is 5. The molecule has 0 spiro atoms. The Labute approximate surface area is 133 Å². The summed E-state index contributed by atoms with van der Waals surface area (Å²) in [5.41, 5.74) is 1.19. The molecule has 0 saturated carbocycles. The van der Waals surface area contributed by atoms with Crippen molar-refractivity contribution in [2.75, 3.05) is 18.0 Å². The lowest BCUT2D eigenvalue weighted by Gasteiger charge is -2.20. The van der Waals surface area contributed by atoms with E-state index < -0.39 is 0 Å². The molecule has 110 valence electrons. The van der Waals surface area contributed by atoms with Crippen LogP contribution in [0.5, 0.6) is 0 Å². The second kappa shape index (κ2) is 6.54. The number of rotatable bonds is 5. The van der Waals surface area contributed by atoms with Crippen LogP contribution in [0.1, 0.15) is 13.3 Å². The van der Waals surface area contributed by atoms with Crippen LogP contribution in [-0.4, -0.2) is 23.1 Å².